The molecule has 2 rings (SSSR count). The van der Waals surface area contributed by atoms with Crippen molar-refractivity contribution in [1.29, 1.82) is 0 Å². The van der Waals surface area contributed by atoms with E-state index >= 15 is 0 Å². The van der Waals surface area contributed by atoms with Crippen LogP contribution in [0.4, 0.5) is 0 Å². The summed E-state index contributed by atoms with van der Waals surface area (Å²) in [4.78, 5) is 11.5. The van der Waals surface area contributed by atoms with E-state index in [4.69, 9.17) is 5.11 Å². The Kier molecular flexibility index (Phi) is 4.31. The lowest BCUT2D eigenvalue weighted by atomic mass is 10.2. The van der Waals surface area contributed by atoms with Crippen molar-refractivity contribution < 1.29 is 14.1 Å². The van der Waals surface area contributed by atoms with Crippen molar-refractivity contribution in [3.05, 3.63) is 50.6 Å². The molecule has 1 aromatic heterocycles. The van der Waals surface area contributed by atoms with Gasteiger partial charge in [0.1, 0.15) is 0 Å². The van der Waals surface area contributed by atoms with Crippen molar-refractivity contribution in [2.24, 2.45) is 0 Å². The largest absolute Gasteiger partial charge is 0.478 e. The second kappa shape index (κ2) is 5.77. The second-order valence-electron chi connectivity index (χ2n) is 3.57. The summed E-state index contributed by atoms with van der Waals surface area (Å²) in [5.74, 6) is -0.624. The summed E-state index contributed by atoms with van der Waals surface area (Å²) >= 11 is 4.71. The first kappa shape index (κ1) is 13.5. The number of benzene rings is 1. The fourth-order valence-corrected chi connectivity index (χ4v) is 3.73. The Hall–Kier alpha value is -0.980. The molecule has 0 radical (unpaired) electrons. The van der Waals surface area contributed by atoms with Crippen LogP contribution in [0, 0.1) is 0 Å². The van der Waals surface area contributed by atoms with Gasteiger partial charge < -0.3 is 5.11 Å². The van der Waals surface area contributed by atoms with Gasteiger partial charge in [-0.1, -0.05) is 0 Å². The number of hydrogen-bond acceptors (Lipinski definition) is 3. The van der Waals surface area contributed by atoms with Gasteiger partial charge in [0.25, 0.3) is 0 Å². The van der Waals surface area contributed by atoms with Gasteiger partial charge in [-0.2, -0.15) is 11.3 Å². The molecule has 3 nitrogen and oxygen atoms in total. The monoisotopic (exact) mass is 344 g/mol. The molecule has 0 spiro atoms. The summed E-state index contributed by atoms with van der Waals surface area (Å²) < 4.78 is 12.6. The van der Waals surface area contributed by atoms with Crippen molar-refractivity contribution in [3.63, 3.8) is 0 Å². The Labute approximate surface area is 119 Å². The molecule has 1 heterocycles. The molecule has 1 N–H and O–H groups in total. The fourth-order valence-electron chi connectivity index (χ4n) is 1.42. The van der Waals surface area contributed by atoms with Crippen LogP contribution in [0.3, 0.4) is 0 Å². The highest BCUT2D eigenvalue weighted by molar-refractivity contribution is 9.10. The number of thiophene rings is 1. The number of aromatic carboxylic acids is 1. The smallest absolute Gasteiger partial charge is 0.336 e. The Morgan fingerprint density at radius 3 is 2.78 bits per heavy atom. The first-order valence-corrected chi connectivity index (χ1v) is 8.05. The Morgan fingerprint density at radius 2 is 2.17 bits per heavy atom. The quantitative estimate of drug-likeness (QED) is 0.923. The predicted molar refractivity (Wildman–Crippen MR) is 75.5 cm³/mol. The van der Waals surface area contributed by atoms with Gasteiger partial charge in [0.2, 0.25) is 0 Å². The van der Waals surface area contributed by atoms with E-state index < -0.39 is 16.8 Å². The molecule has 0 aliphatic heterocycles. The third-order valence-corrected chi connectivity index (χ3v) is 5.11. The van der Waals surface area contributed by atoms with Crippen LogP contribution in [0.2, 0.25) is 0 Å². The van der Waals surface area contributed by atoms with Gasteiger partial charge >= 0.3 is 5.97 Å². The van der Waals surface area contributed by atoms with E-state index in [1.54, 1.807) is 23.5 Å². The first-order chi connectivity index (χ1) is 8.58. The molecule has 0 amide bonds. The molecular formula is C12H9BrO3S2. The third-order valence-electron chi connectivity index (χ3n) is 2.31. The third kappa shape index (κ3) is 3.07. The van der Waals surface area contributed by atoms with E-state index in [2.05, 4.69) is 15.9 Å². The summed E-state index contributed by atoms with van der Waals surface area (Å²) in [7, 11) is -1.23. The van der Waals surface area contributed by atoms with E-state index in [-0.39, 0.29) is 5.56 Å². The second-order valence-corrected chi connectivity index (χ2v) is 6.65. The zero-order valence-corrected chi connectivity index (χ0v) is 12.3. The fraction of sp³-hybridized carbons (Fsp3) is 0.0833. The summed E-state index contributed by atoms with van der Waals surface area (Å²) in [6.45, 7) is 0. The average Bonchev–Trinajstić information content (AvgIpc) is 2.81. The van der Waals surface area contributed by atoms with E-state index in [1.165, 1.54) is 6.07 Å². The van der Waals surface area contributed by atoms with Gasteiger partial charge in [0.05, 0.1) is 22.1 Å². The molecule has 0 fully saturated rings. The van der Waals surface area contributed by atoms with Crippen molar-refractivity contribution in [3.8, 4) is 0 Å². The van der Waals surface area contributed by atoms with Gasteiger partial charge in [-0.3, -0.25) is 4.21 Å². The molecular weight excluding hydrogens is 336 g/mol. The van der Waals surface area contributed by atoms with Crippen LogP contribution in [-0.2, 0) is 16.6 Å². The normalized spacial score (nSPS) is 12.3. The van der Waals surface area contributed by atoms with Crippen LogP contribution in [0.5, 0.6) is 0 Å². The number of halogens is 1. The highest BCUT2D eigenvalue weighted by atomic mass is 79.9. The number of hydrogen-bond donors (Lipinski definition) is 1. The average molecular weight is 345 g/mol. The summed E-state index contributed by atoms with van der Waals surface area (Å²) in [6, 6.07) is 6.66. The van der Waals surface area contributed by atoms with Crippen molar-refractivity contribution in [2.45, 2.75) is 10.6 Å². The van der Waals surface area contributed by atoms with Gasteiger partial charge in [-0.25, -0.2) is 4.79 Å². The topological polar surface area (TPSA) is 54.4 Å². The van der Waals surface area contributed by atoms with Gasteiger partial charge in [0, 0.05) is 9.37 Å². The molecule has 6 heteroatoms. The van der Waals surface area contributed by atoms with E-state index in [0.717, 1.165) is 5.56 Å². The SMILES string of the molecule is O=C(O)c1cc(S(=O)Cc2ccsc2)ccc1Br. The Balaban J connectivity index is 2.26. The van der Waals surface area contributed by atoms with Gasteiger partial charge in [0.15, 0.2) is 0 Å². The zero-order valence-electron chi connectivity index (χ0n) is 9.13. The van der Waals surface area contributed by atoms with Crippen LogP contribution in [0.25, 0.3) is 0 Å². The van der Waals surface area contributed by atoms with E-state index in [1.807, 2.05) is 16.8 Å². The van der Waals surface area contributed by atoms with Crippen molar-refractivity contribution >= 4 is 44.0 Å². The Morgan fingerprint density at radius 1 is 1.39 bits per heavy atom. The van der Waals surface area contributed by atoms with Crippen LogP contribution >= 0.6 is 27.3 Å². The molecule has 0 saturated heterocycles. The molecule has 0 aliphatic carbocycles. The maximum Gasteiger partial charge on any atom is 0.336 e. The van der Waals surface area contributed by atoms with Gasteiger partial charge in [-0.15, -0.1) is 0 Å². The van der Waals surface area contributed by atoms with Crippen molar-refractivity contribution in [1.82, 2.24) is 0 Å². The van der Waals surface area contributed by atoms with E-state index in [9.17, 15) is 9.00 Å². The highest BCUT2D eigenvalue weighted by Crippen LogP contribution is 2.22. The van der Waals surface area contributed by atoms with Crippen LogP contribution < -0.4 is 0 Å². The lowest BCUT2D eigenvalue weighted by Gasteiger charge is -2.04. The minimum atomic E-state index is -1.23. The Bertz CT molecular complexity index is 593. The van der Waals surface area contributed by atoms with Gasteiger partial charge in [-0.05, 0) is 56.5 Å². The summed E-state index contributed by atoms with van der Waals surface area (Å²) in [5, 5.41) is 12.9. The number of rotatable bonds is 4. The number of carbonyl (C=O) groups is 1. The molecule has 1 aromatic carbocycles. The molecule has 0 saturated carbocycles. The minimum Gasteiger partial charge on any atom is -0.478 e. The zero-order chi connectivity index (χ0) is 13.1. The van der Waals surface area contributed by atoms with Crippen LogP contribution in [0.1, 0.15) is 15.9 Å². The molecule has 1 atom stereocenters. The summed E-state index contributed by atoms with van der Waals surface area (Å²) in [6.07, 6.45) is 0. The standard InChI is InChI=1S/C12H9BrO3S2/c13-11-2-1-9(5-10(11)12(14)15)18(16)7-8-3-4-17-6-8/h1-6H,7H2,(H,14,15). The lowest BCUT2D eigenvalue weighted by molar-refractivity contribution is 0.0695. The minimum absolute atomic E-state index is 0.131. The molecule has 0 bridgehead atoms. The number of carboxylic acids is 1. The highest BCUT2D eigenvalue weighted by Gasteiger charge is 2.12. The van der Waals surface area contributed by atoms with Crippen molar-refractivity contribution in [2.75, 3.05) is 0 Å². The maximum absolute atomic E-state index is 12.1. The molecule has 1 unspecified atom stereocenters. The first-order valence-electron chi connectivity index (χ1n) is 5.00. The lowest BCUT2D eigenvalue weighted by Crippen LogP contribution is -2.01. The van der Waals surface area contributed by atoms with Crippen LogP contribution in [0.15, 0.2) is 44.4 Å². The maximum atomic E-state index is 12.1. The predicted octanol–water partition coefficient (Wildman–Crippen LogP) is 3.52. The van der Waals surface area contributed by atoms with E-state index in [0.29, 0.717) is 15.1 Å². The molecule has 2 aromatic rings. The number of carboxylic acid groups (broad SMARTS) is 1. The summed E-state index contributed by atoms with van der Waals surface area (Å²) in [5.41, 5.74) is 1.13. The molecule has 94 valence electrons. The van der Waals surface area contributed by atoms with Crippen LogP contribution in [-0.4, -0.2) is 15.3 Å². The molecule has 18 heavy (non-hydrogen) atoms. The molecule has 0 aliphatic rings.